The summed E-state index contributed by atoms with van der Waals surface area (Å²) in [6.07, 6.45) is 11.4. The maximum atomic E-state index is 11.4. The fourth-order valence-corrected chi connectivity index (χ4v) is 2.26. The molecule has 0 aromatic heterocycles. The Labute approximate surface area is 100 Å². The molecule has 2 nitrogen and oxygen atoms in total. The Kier molecular flexibility index (Phi) is 6.51. The molecular formula is C14H27NO. The van der Waals surface area contributed by atoms with Crippen LogP contribution < -0.4 is 0 Å². The van der Waals surface area contributed by atoms with E-state index in [2.05, 4.69) is 18.7 Å². The molecule has 1 saturated heterocycles. The molecule has 0 aromatic rings. The number of carbonyl (C=O) groups is 1. The van der Waals surface area contributed by atoms with Crippen molar-refractivity contribution in [3.05, 3.63) is 0 Å². The maximum absolute atomic E-state index is 11.4. The first kappa shape index (κ1) is 13.5. The van der Waals surface area contributed by atoms with Gasteiger partial charge in [0.1, 0.15) is 6.04 Å². The standard InChI is InChI=1S/C14H27NO/c1-3-5-7-8-9-10-12-15-13(14(15)16)11-6-4-2/h13H,3-12H2,1-2H3. The van der Waals surface area contributed by atoms with Crippen LogP contribution in [0.15, 0.2) is 0 Å². The van der Waals surface area contributed by atoms with Crippen LogP contribution in [-0.4, -0.2) is 23.4 Å². The second-order valence-corrected chi connectivity index (χ2v) is 4.96. The van der Waals surface area contributed by atoms with Gasteiger partial charge in [0.05, 0.1) is 0 Å². The summed E-state index contributed by atoms with van der Waals surface area (Å²) >= 11 is 0. The molecule has 0 N–H and O–H groups in total. The number of hydrogen-bond acceptors (Lipinski definition) is 1. The Hall–Kier alpha value is -0.530. The Morgan fingerprint density at radius 1 is 0.938 bits per heavy atom. The molecule has 2 heteroatoms. The second-order valence-electron chi connectivity index (χ2n) is 4.96. The van der Waals surface area contributed by atoms with Crippen molar-refractivity contribution in [1.29, 1.82) is 0 Å². The molecule has 0 spiro atoms. The molecule has 1 atom stereocenters. The van der Waals surface area contributed by atoms with Gasteiger partial charge in [0.25, 0.3) is 0 Å². The van der Waals surface area contributed by atoms with Gasteiger partial charge in [-0.15, -0.1) is 0 Å². The predicted molar refractivity (Wildman–Crippen MR) is 68.4 cm³/mol. The molecule has 0 bridgehead atoms. The third-order valence-electron chi connectivity index (χ3n) is 3.46. The van der Waals surface area contributed by atoms with Crippen LogP contribution in [0.25, 0.3) is 0 Å². The van der Waals surface area contributed by atoms with Crippen molar-refractivity contribution in [3.63, 3.8) is 0 Å². The minimum atomic E-state index is 0.301. The summed E-state index contributed by atoms with van der Waals surface area (Å²) in [4.78, 5) is 13.5. The van der Waals surface area contributed by atoms with Crippen molar-refractivity contribution in [2.45, 2.75) is 77.7 Å². The zero-order valence-corrected chi connectivity index (χ0v) is 11.0. The molecule has 16 heavy (non-hydrogen) atoms. The third-order valence-corrected chi connectivity index (χ3v) is 3.46. The zero-order valence-electron chi connectivity index (χ0n) is 11.0. The summed E-state index contributed by atoms with van der Waals surface area (Å²) in [5.74, 6) is 0.405. The topological polar surface area (TPSA) is 20.1 Å². The van der Waals surface area contributed by atoms with Crippen molar-refractivity contribution >= 4 is 5.91 Å². The summed E-state index contributed by atoms with van der Waals surface area (Å²) in [5.41, 5.74) is 0. The highest BCUT2D eigenvalue weighted by atomic mass is 16.2. The van der Waals surface area contributed by atoms with Gasteiger partial charge in [0.2, 0.25) is 5.91 Å². The fraction of sp³-hybridized carbons (Fsp3) is 0.929. The highest BCUT2D eigenvalue weighted by Gasteiger charge is 2.43. The van der Waals surface area contributed by atoms with Crippen LogP contribution in [-0.2, 0) is 4.79 Å². The molecule has 1 aliphatic heterocycles. The number of nitrogens with zero attached hydrogens (tertiary/aromatic N) is 1. The minimum Gasteiger partial charge on any atom is -0.329 e. The van der Waals surface area contributed by atoms with E-state index in [1.54, 1.807) is 0 Å². The van der Waals surface area contributed by atoms with E-state index in [9.17, 15) is 4.79 Å². The van der Waals surface area contributed by atoms with Gasteiger partial charge in [-0.1, -0.05) is 58.8 Å². The van der Waals surface area contributed by atoms with Crippen LogP contribution >= 0.6 is 0 Å². The van der Waals surface area contributed by atoms with Crippen molar-refractivity contribution in [1.82, 2.24) is 4.90 Å². The van der Waals surface area contributed by atoms with Crippen molar-refractivity contribution < 1.29 is 4.79 Å². The zero-order chi connectivity index (χ0) is 11.8. The lowest BCUT2D eigenvalue weighted by Crippen LogP contribution is -2.04. The number of carbonyl (C=O) groups excluding carboxylic acids is 1. The van der Waals surface area contributed by atoms with E-state index >= 15 is 0 Å². The highest BCUT2D eigenvalue weighted by Crippen LogP contribution is 2.25. The van der Waals surface area contributed by atoms with E-state index in [0.717, 1.165) is 13.0 Å². The van der Waals surface area contributed by atoms with Gasteiger partial charge in [0.15, 0.2) is 0 Å². The van der Waals surface area contributed by atoms with Crippen molar-refractivity contribution in [3.8, 4) is 0 Å². The first-order valence-electron chi connectivity index (χ1n) is 7.11. The van der Waals surface area contributed by atoms with Crippen molar-refractivity contribution in [2.75, 3.05) is 6.54 Å². The molecule has 94 valence electrons. The van der Waals surface area contributed by atoms with Gasteiger partial charge in [-0.3, -0.25) is 4.79 Å². The predicted octanol–water partition coefficient (Wildman–Crippen LogP) is 3.75. The molecule has 0 aliphatic carbocycles. The SMILES string of the molecule is CCCCCCCCN1C(=O)C1CCCC. The smallest absolute Gasteiger partial charge is 0.246 e. The molecule has 0 radical (unpaired) electrons. The first-order chi connectivity index (χ1) is 7.81. The normalized spacial score (nSPS) is 19.2. The molecule has 1 amide bonds. The van der Waals surface area contributed by atoms with Crippen LogP contribution in [0.2, 0.25) is 0 Å². The molecular weight excluding hydrogens is 198 g/mol. The maximum Gasteiger partial charge on any atom is 0.246 e. The summed E-state index contributed by atoms with van der Waals surface area (Å²) in [5, 5.41) is 0. The van der Waals surface area contributed by atoms with E-state index < -0.39 is 0 Å². The summed E-state index contributed by atoms with van der Waals surface area (Å²) in [7, 11) is 0. The van der Waals surface area contributed by atoms with E-state index in [4.69, 9.17) is 0 Å². The Bertz CT molecular complexity index is 203. The molecule has 0 aromatic carbocycles. The van der Waals surface area contributed by atoms with Crippen molar-refractivity contribution in [2.24, 2.45) is 0 Å². The number of hydrogen-bond donors (Lipinski definition) is 0. The van der Waals surface area contributed by atoms with Gasteiger partial charge in [-0.05, 0) is 12.8 Å². The molecule has 1 rings (SSSR count). The lowest BCUT2D eigenvalue weighted by atomic mass is 10.1. The monoisotopic (exact) mass is 225 g/mol. The second kappa shape index (κ2) is 7.70. The van der Waals surface area contributed by atoms with E-state index in [-0.39, 0.29) is 0 Å². The molecule has 1 unspecified atom stereocenters. The van der Waals surface area contributed by atoms with Crippen LogP contribution in [0.1, 0.15) is 71.6 Å². The van der Waals surface area contributed by atoms with E-state index in [1.165, 1.54) is 51.4 Å². The lowest BCUT2D eigenvalue weighted by molar-refractivity contribution is -0.113. The average molecular weight is 225 g/mol. The summed E-state index contributed by atoms with van der Waals surface area (Å²) < 4.78 is 0. The quantitative estimate of drug-likeness (QED) is 0.409. The summed E-state index contributed by atoms with van der Waals surface area (Å²) in [6.45, 7) is 5.44. The minimum absolute atomic E-state index is 0.301. The highest BCUT2D eigenvalue weighted by molar-refractivity contribution is 5.96. The summed E-state index contributed by atoms with van der Waals surface area (Å²) in [6, 6.07) is 0.301. The molecule has 1 fully saturated rings. The van der Waals surface area contributed by atoms with Crippen LogP contribution in [0.5, 0.6) is 0 Å². The van der Waals surface area contributed by atoms with Crippen LogP contribution in [0.3, 0.4) is 0 Å². The Balaban J connectivity index is 1.92. The Morgan fingerprint density at radius 2 is 1.56 bits per heavy atom. The fourth-order valence-electron chi connectivity index (χ4n) is 2.26. The lowest BCUT2D eigenvalue weighted by Gasteiger charge is -2.03. The first-order valence-corrected chi connectivity index (χ1v) is 7.11. The Morgan fingerprint density at radius 3 is 2.25 bits per heavy atom. The average Bonchev–Trinajstić information content (AvgIpc) is 2.90. The van der Waals surface area contributed by atoms with Gasteiger partial charge >= 0.3 is 0 Å². The van der Waals surface area contributed by atoms with Gasteiger partial charge in [-0.2, -0.15) is 0 Å². The van der Waals surface area contributed by atoms with Gasteiger partial charge in [-0.25, -0.2) is 0 Å². The van der Waals surface area contributed by atoms with Crippen LogP contribution in [0, 0.1) is 0 Å². The van der Waals surface area contributed by atoms with Crippen LogP contribution in [0.4, 0.5) is 0 Å². The largest absolute Gasteiger partial charge is 0.329 e. The van der Waals surface area contributed by atoms with E-state index in [0.29, 0.717) is 11.9 Å². The number of rotatable bonds is 10. The number of unbranched alkanes of at least 4 members (excludes halogenated alkanes) is 6. The van der Waals surface area contributed by atoms with Gasteiger partial charge < -0.3 is 4.90 Å². The van der Waals surface area contributed by atoms with E-state index in [1.807, 2.05) is 0 Å². The molecule has 1 heterocycles. The molecule has 1 aliphatic rings. The number of amides is 1. The third kappa shape index (κ3) is 4.54. The van der Waals surface area contributed by atoms with Gasteiger partial charge in [0, 0.05) is 6.54 Å². The molecule has 0 saturated carbocycles.